The summed E-state index contributed by atoms with van der Waals surface area (Å²) in [5.74, 6) is 1.04. The van der Waals surface area contributed by atoms with Gasteiger partial charge < -0.3 is 24.5 Å². The molecule has 5 rings (SSSR count). The van der Waals surface area contributed by atoms with Gasteiger partial charge in [-0.3, -0.25) is 4.79 Å². The number of fused-ring (bicyclic) bond motifs is 3. The average Bonchev–Trinajstić information content (AvgIpc) is 3.15. The van der Waals surface area contributed by atoms with E-state index in [2.05, 4.69) is 33.8 Å². The predicted molar refractivity (Wildman–Crippen MR) is 127 cm³/mol. The van der Waals surface area contributed by atoms with Crippen LogP contribution in [0.3, 0.4) is 0 Å². The van der Waals surface area contributed by atoms with Gasteiger partial charge in [0.1, 0.15) is 5.82 Å². The summed E-state index contributed by atoms with van der Waals surface area (Å²) in [6.45, 7) is 6.55. The second-order valence-corrected chi connectivity index (χ2v) is 9.28. The highest BCUT2D eigenvalue weighted by atomic mass is 16.3. The first-order chi connectivity index (χ1) is 15.6. The minimum atomic E-state index is -0.151. The smallest absolute Gasteiger partial charge is 0.250 e. The molecule has 1 aromatic carbocycles. The molecule has 2 aliphatic heterocycles. The molecule has 0 spiro atoms. The normalized spacial score (nSPS) is 19.8. The number of pyridine rings is 1. The lowest BCUT2D eigenvalue weighted by atomic mass is 9.98. The van der Waals surface area contributed by atoms with Crippen LogP contribution in [0.15, 0.2) is 41.3 Å². The Labute approximate surface area is 188 Å². The number of anilines is 1. The Morgan fingerprint density at radius 2 is 1.94 bits per heavy atom. The van der Waals surface area contributed by atoms with Crippen LogP contribution >= 0.6 is 0 Å². The van der Waals surface area contributed by atoms with Crippen LogP contribution < -0.4 is 10.9 Å². The van der Waals surface area contributed by atoms with Crippen molar-refractivity contribution in [1.29, 1.82) is 0 Å². The van der Waals surface area contributed by atoms with E-state index in [-0.39, 0.29) is 11.7 Å². The van der Waals surface area contributed by atoms with Crippen molar-refractivity contribution in [1.82, 2.24) is 19.0 Å². The van der Waals surface area contributed by atoms with Crippen LogP contribution in [0.4, 0.5) is 5.69 Å². The molecule has 2 N–H and O–H groups in total. The van der Waals surface area contributed by atoms with Crippen LogP contribution in [-0.4, -0.2) is 55.9 Å². The number of nitrogens with zero attached hydrogens (tertiary/aromatic N) is 4. The number of hydrogen-bond donors (Lipinski definition) is 2. The first kappa shape index (κ1) is 21.2. The van der Waals surface area contributed by atoms with Crippen LogP contribution in [0.2, 0.25) is 0 Å². The van der Waals surface area contributed by atoms with Crippen molar-refractivity contribution < 1.29 is 5.11 Å². The first-order valence-electron chi connectivity index (χ1n) is 11.9. The van der Waals surface area contributed by atoms with E-state index in [1.165, 1.54) is 16.8 Å². The van der Waals surface area contributed by atoms with Crippen LogP contribution in [-0.2, 0) is 25.9 Å². The zero-order valence-electron chi connectivity index (χ0n) is 18.8. The summed E-state index contributed by atoms with van der Waals surface area (Å²) in [6.07, 6.45) is 6.28. The largest absolute Gasteiger partial charge is 0.393 e. The highest BCUT2D eigenvalue weighted by molar-refractivity contribution is 5.86. The number of aliphatic hydroxyl groups excluding tert-OH is 1. The molecule has 1 atom stereocenters. The molecule has 0 saturated carbocycles. The number of piperidine rings is 1. The Bertz CT molecular complexity index is 1140. The maximum atomic E-state index is 12.2. The van der Waals surface area contributed by atoms with Gasteiger partial charge in [-0.15, -0.1) is 0 Å². The Kier molecular flexibility index (Phi) is 6.02. The molecule has 3 aromatic rings. The van der Waals surface area contributed by atoms with Crippen molar-refractivity contribution in [2.24, 2.45) is 0 Å². The van der Waals surface area contributed by atoms with E-state index in [0.717, 1.165) is 69.6 Å². The molecule has 0 radical (unpaired) electrons. The van der Waals surface area contributed by atoms with Gasteiger partial charge in [0.15, 0.2) is 0 Å². The number of hydrogen-bond acceptors (Lipinski definition) is 5. The van der Waals surface area contributed by atoms with E-state index in [4.69, 9.17) is 4.98 Å². The van der Waals surface area contributed by atoms with Crippen LogP contribution in [0.1, 0.15) is 37.6 Å². The lowest BCUT2D eigenvalue weighted by Crippen LogP contribution is -2.37. The van der Waals surface area contributed by atoms with E-state index >= 15 is 0 Å². The lowest BCUT2D eigenvalue weighted by molar-refractivity contribution is 0.0810. The number of nitrogens with one attached hydrogen (secondary N) is 1. The maximum Gasteiger partial charge on any atom is 0.250 e. The van der Waals surface area contributed by atoms with Gasteiger partial charge in [-0.25, -0.2) is 4.98 Å². The lowest BCUT2D eigenvalue weighted by Gasteiger charge is -2.29. The molecular formula is C25H33N5O2. The summed E-state index contributed by atoms with van der Waals surface area (Å²) in [4.78, 5) is 19.7. The minimum Gasteiger partial charge on any atom is -0.393 e. The van der Waals surface area contributed by atoms with Gasteiger partial charge in [-0.05, 0) is 50.8 Å². The predicted octanol–water partition coefficient (Wildman–Crippen LogP) is 2.64. The fourth-order valence-electron chi connectivity index (χ4n) is 5.07. The Balaban J connectivity index is 1.45. The van der Waals surface area contributed by atoms with Crippen molar-refractivity contribution in [2.45, 2.75) is 64.3 Å². The molecule has 7 heteroatoms. The van der Waals surface area contributed by atoms with E-state index in [9.17, 15) is 9.90 Å². The first-order valence-corrected chi connectivity index (χ1v) is 11.9. The van der Waals surface area contributed by atoms with E-state index < -0.39 is 0 Å². The molecule has 2 aliphatic rings. The summed E-state index contributed by atoms with van der Waals surface area (Å²) in [6, 6.07) is 10.2. The topological polar surface area (TPSA) is 75.3 Å². The standard InChI is InChI=1S/C25H33N5O2/c1-18-5-6-20-21(26-18)7-8-22-25(20)27-23(11-15-29-12-3-2-4-24(29)32)30(22)17-16-28-13-9-19(31)10-14-28/h2-4,7-8,12,18-19,26,31H,5-6,9-11,13-17H2,1H3/t18-/m0/s1. The average molecular weight is 436 g/mol. The molecule has 2 aromatic heterocycles. The number of rotatable bonds is 6. The highest BCUT2D eigenvalue weighted by Crippen LogP contribution is 2.32. The van der Waals surface area contributed by atoms with Gasteiger partial charge in [0.05, 0.1) is 17.1 Å². The molecule has 4 heterocycles. The fourth-order valence-corrected chi connectivity index (χ4v) is 5.07. The van der Waals surface area contributed by atoms with Gasteiger partial charge in [-0.1, -0.05) is 6.07 Å². The molecule has 170 valence electrons. The van der Waals surface area contributed by atoms with Crippen LogP contribution in [0.25, 0.3) is 11.0 Å². The summed E-state index contributed by atoms with van der Waals surface area (Å²) >= 11 is 0. The highest BCUT2D eigenvalue weighted by Gasteiger charge is 2.22. The monoisotopic (exact) mass is 435 g/mol. The van der Waals surface area contributed by atoms with Gasteiger partial charge in [0.25, 0.3) is 5.56 Å². The molecule has 32 heavy (non-hydrogen) atoms. The van der Waals surface area contributed by atoms with Gasteiger partial charge in [0.2, 0.25) is 0 Å². The summed E-state index contributed by atoms with van der Waals surface area (Å²) in [7, 11) is 0. The van der Waals surface area contributed by atoms with Gasteiger partial charge in [0, 0.05) is 68.7 Å². The van der Waals surface area contributed by atoms with Gasteiger partial charge >= 0.3 is 0 Å². The maximum absolute atomic E-state index is 12.2. The minimum absolute atomic E-state index is 0.0256. The van der Waals surface area contributed by atoms with Crippen molar-refractivity contribution in [3.8, 4) is 0 Å². The number of aromatic nitrogens is 3. The molecule has 1 saturated heterocycles. The Morgan fingerprint density at radius 3 is 2.75 bits per heavy atom. The fraction of sp³-hybridized carbons (Fsp3) is 0.520. The molecular weight excluding hydrogens is 402 g/mol. The van der Waals surface area contributed by atoms with Crippen molar-refractivity contribution in [3.05, 3.63) is 58.3 Å². The van der Waals surface area contributed by atoms with Gasteiger partial charge in [-0.2, -0.15) is 0 Å². The molecule has 0 aliphatic carbocycles. The van der Waals surface area contributed by atoms with E-state index in [0.29, 0.717) is 12.6 Å². The number of aryl methyl sites for hydroxylation is 3. The molecule has 1 fully saturated rings. The molecule has 0 unspecified atom stereocenters. The summed E-state index contributed by atoms with van der Waals surface area (Å²) in [5, 5.41) is 13.4. The summed E-state index contributed by atoms with van der Waals surface area (Å²) in [5.41, 5.74) is 4.84. The van der Waals surface area contributed by atoms with Crippen LogP contribution in [0, 0.1) is 0 Å². The molecule has 0 bridgehead atoms. The van der Waals surface area contributed by atoms with E-state index in [1.54, 1.807) is 16.7 Å². The van der Waals surface area contributed by atoms with Crippen molar-refractivity contribution >= 4 is 16.7 Å². The van der Waals surface area contributed by atoms with Crippen molar-refractivity contribution in [3.63, 3.8) is 0 Å². The number of likely N-dealkylation sites (tertiary alicyclic amines) is 1. The second kappa shape index (κ2) is 9.08. The SMILES string of the molecule is C[C@H]1CCc2c(ccc3c2nc(CCn2ccccc2=O)n3CCN2CCC(O)CC2)N1. The molecule has 0 amide bonds. The third-order valence-electron chi connectivity index (χ3n) is 7.01. The molecule has 7 nitrogen and oxygen atoms in total. The quantitative estimate of drug-likeness (QED) is 0.623. The zero-order chi connectivity index (χ0) is 22.1. The number of aliphatic hydroxyl groups is 1. The Hall–Kier alpha value is -2.64. The number of imidazole rings is 1. The third kappa shape index (κ3) is 4.32. The zero-order valence-corrected chi connectivity index (χ0v) is 18.8. The third-order valence-corrected chi connectivity index (χ3v) is 7.01. The Morgan fingerprint density at radius 1 is 1.09 bits per heavy atom. The van der Waals surface area contributed by atoms with Crippen LogP contribution in [0.5, 0.6) is 0 Å². The second-order valence-electron chi connectivity index (χ2n) is 9.28. The summed E-state index contributed by atoms with van der Waals surface area (Å²) < 4.78 is 4.11. The van der Waals surface area contributed by atoms with Crippen molar-refractivity contribution in [2.75, 3.05) is 25.0 Å². The number of benzene rings is 1. The van der Waals surface area contributed by atoms with E-state index in [1.807, 2.05) is 12.3 Å².